The minimum absolute atomic E-state index is 0.0864. The molecular weight excluding hydrogens is 173 g/mol. The molecule has 0 saturated heterocycles. The number of Topliss-reactive ketones (excluding diaryl/α,β-unsaturated/α-hetero) is 1. The van der Waals surface area contributed by atoms with Crippen LogP contribution in [0.5, 0.6) is 0 Å². The number of hydrogen-bond acceptors (Lipinski definition) is 3. The van der Waals surface area contributed by atoms with Crippen molar-refractivity contribution in [3.8, 4) is 0 Å². The molecule has 4 heteroatoms. The van der Waals surface area contributed by atoms with Crippen LogP contribution in [0.15, 0.2) is 23.2 Å². The normalized spacial score (nSPS) is 9.08. The van der Waals surface area contributed by atoms with Crippen molar-refractivity contribution in [2.75, 3.05) is 0 Å². The summed E-state index contributed by atoms with van der Waals surface area (Å²) >= 11 is 0. The van der Waals surface area contributed by atoms with Crippen LogP contribution < -0.4 is 0 Å². The lowest BCUT2D eigenvalue weighted by molar-refractivity contribution is 0.101. The van der Waals surface area contributed by atoms with Gasteiger partial charge >= 0.3 is 0 Å². The number of rotatable bonds is 2. The van der Waals surface area contributed by atoms with E-state index in [-0.39, 0.29) is 17.0 Å². The van der Waals surface area contributed by atoms with E-state index in [9.17, 15) is 14.0 Å². The van der Waals surface area contributed by atoms with Gasteiger partial charge in [-0.3, -0.25) is 4.79 Å². The van der Waals surface area contributed by atoms with Crippen LogP contribution in [0.1, 0.15) is 17.3 Å². The fourth-order valence-electron chi connectivity index (χ4n) is 0.959. The maximum absolute atomic E-state index is 13.0. The number of halogens is 1. The Balaban J connectivity index is 3.42. The molecule has 0 N–H and O–H groups in total. The third-order valence-corrected chi connectivity index (χ3v) is 1.52. The van der Waals surface area contributed by atoms with Crippen LogP contribution in [0.2, 0.25) is 0 Å². The molecule has 0 radical (unpaired) electrons. The molecule has 0 fully saturated rings. The number of carbonyl (C=O) groups excluding carboxylic acids is 2. The highest BCUT2D eigenvalue weighted by Crippen LogP contribution is 2.22. The summed E-state index contributed by atoms with van der Waals surface area (Å²) in [6.45, 7) is 1.28. The second-order valence-electron chi connectivity index (χ2n) is 2.40. The molecule has 0 spiro atoms. The van der Waals surface area contributed by atoms with Gasteiger partial charge in [0.05, 0.1) is 0 Å². The van der Waals surface area contributed by atoms with Gasteiger partial charge in [-0.1, -0.05) is 6.07 Å². The molecule has 0 heterocycles. The number of nitrogens with zero attached hydrogens (tertiary/aromatic N) is 1. The minimum Gasteiger partial charge on any atom is -0.294 e. The first kappa shape index (κ1) is 9.29. The summed E-state index contributed by atoms with van der Waals surface area (Å²) in [6, 6.07) is 3.92. The van der Waals surface area contributed by atoms with Crippen molar-refractivity contribution in [2.24, 2.45) is 4.99 Å². The first-order valence-corrected chi connectivity index (χ1v) is 3.54. The van der Waals surface area contributed by atoms with Crippen molar-refractivity contribution in [2.45, 2.75) is 6.92 Å². The van der Waals surface area contributed by atoms with Crippen molar-refractivity contribution in [1.29, 1.82) is 0 Å². The third-order valence-electron chi connectivity index (χ3n) is 1.52. The van der Waals surface area contributed by atoms with Crippen molar-refractivity contribution >= 4 is 17.6 Å². The van der Waals surface area contributed by atoms with E-state index in [1.165, 1.54) is 25.1 Å². The zero-order valence-electron chi connectivity index (χ0n) is 6.87. The SMILES string of the molecule is CC(=O)c1cccc(F)c1N=C=O. The first-order chi connectivity index (χ1) is 6.16. The zero-order chi connectivity index (χ0) is 9.84. The van der Waals surface area contributed by atoms with Gasteiger partial charge in [-0.2, -0.15) is 4.99 Å². The quantitative estimate of drug-likeness (QED) is 0.396. The van der Waals surface area contributed by atoms with E-state index in [4.69, 9.17) is 0 Å². The minimum atomic E-state index is -0.698. The van der Waals surface area contributed by atoms with E-state index in [0.29, 0.717) is 0 Å². The smallest absolute Gasteiger partial charge is 0.240 e. The molecule has 13 heavy (non-hydrogen) atoms. The predicted octanol–water partition coefficient (Wildman–Crippen LogP) is 2.00. The van der Waals surface area contributed by atoms with Crippen LogP contribution >= 0.6 is 0 Å². The lowest BCUT2D eigenvalue weighted by Crippen LogP contribution is -1.93. The van der Waals surface area contributed by atoms with Crippen molar-refractivity contribution < 1.29 is 14.0 Å². The topological polar surface area (TPSA) is 46.5 Å². The Hall–Kier alpha value is -1.80. The van der Waals surface area contributed by atoms with Crippen LogP contribution in [0, 0.1) is 5.82 Å². The number of aliphatic imine (C=N–C) groups is 1. The van der Waals surface area contributed by atoms with Crippen molar-refractivity contribution in [3.05, 3.63) is 29.6 Å². The van der Waals surface area contributed by atoms with Gasteiger partial charge in [0.25, 0.3) is 0 Å². The van der Waals surface area contributed by atoms with Crippen LogP contribution in [0.4, 0.5) is 10.1 Å². The summed E-state index contributed by atoms with van der Waals surface area (Å²) in [5.74, 6) is -1.04. The van der Waals surface area contributed by atoms with E-state index in [1.54, 1.807) is 0 Å². The highest BCUT2D eigenvalue weighted by atomic mass is 19.1. The van der Waals surface area contributed by atoms with E-state index >= 15 is 0 Å². The summed E-state index contributed by atoms with van der Waals surface area (Å²) in [4.78, 5) is 24.0. The fraction of sp³-hybridized carbons (Fsp3) is 0.111. The molecule has 1 aromatic carbocycles. The maximum Gasteiger partial charge on any atom is 0.240 e. The second-order valence-corrected chi connectivity index (χ2v) is 2.40. The summed E-state index contributed by atoms with van der Waals surface area (Å²) < 4.78 is 13.0. The predicted molar refractivity (Wildman–Crippen MR) is 44.2 cm³/mol. The van der Waals surface area contributed by atoms with Crippen LogP contribution in [-0.2, 0) is 4.79 Å². The van der Waals surface area contributed by atoms with Gasteiger partial charge in [0.1, 0.15) is 11.5 Å². The van der Waals surface area contributed by atoms with Gasteiger partial charge in [-0.05, 0) is 19.1 Å². The fourth-order valence-corrected chi connectivity index (χ4v) is 0.959. The van der Waals surface area contributed by atoms with E-state index in [1.807, 2.05) is 0 Å². The van der Waals surface area contributed by atoms with E-state index in [0.717, 1.165) is 6.07 Å². The Labute approximate surface area is 73.9 Å². The molecule has 0 atom stereocenters. The molecule has 0 aliphatic rings. The standard InChI is InChI=1S/C9H6FNO2/c1-6(13)7-3-2-4-8(10)9(7)11-5-12/h2-4H,1H3. The molecule has 1 rings (SSSR count). The summed E-state index contributed by atoms with van der Waals surface area (Å²) in [6.07, 6.45) is 1.20. The number of ketones is 1. The Morgan fingerprint density at radius 2 is 2.23 bits per heavy atom. The molecular formula is C9H6FNO2. The monoisotopic (exact) mass is 179 g/mol. The average Bonchev–Trinajstić information content (AvgIpc) is 2.08. The Morgan fingerprint density at radius 3 is 2.77 bits per heavy atom. The summed E-state index contributed by atoms with van der Waals surface area (Å²) in [7, 11) is 0. The molecule has 0 amide bonds. The number of carbonyl (C=O) groups is 1. The largest absolute Gasteiger partial charge is 0.294 e. The van der Waals surface area contributed by atoms with Gasteiger partial charge in [0, 0.05) is 5.56 Å². The molecule has 0 aliphatic carbocycles. The van der Waals surface area contributed by atoms with Crippen LogP contribution in [-0.4, -0.2) is 11.9 Å². The third kappa shape index (κ3) is 1.86. The number of para-hydroxylation sites is 1. The van der Waals surface area contributed by atoms with Crippen LogP contribution in [0.25, 0.3) is 0 Å². The number of hydrogen-bond donors (Lipinski definition) is 0. The lowest BCUT2D eigenvalue weighted by atomic mass is 10.1. The summed E-state index contributed by atoms with van der Waals surface area (Å²) in [5.41, 5.74) is -0.159. The van der Waals surface area contributed by atoms with E-state index < -0.39 is 5.82 Å². The number of benzene rings is 1. The molecule has 3 nitrogen and oxygen atoms in total. The highest BCUT2D eigenvalue weighted by molar-refractivity contribution is 5.99. The van der Waals surface area contributed by atoms with Gasteiger partial charge < -0.3 is 0 Å². The molecule has 1 aromatic rings. The molecule has 66 valence electrons. The second kappa shape index (κ2) is 3.74. The zero-order valence-corrected chi connectivity index (χ0v) is 6.87. The average molecular weight is 179 g/mol. The Kier molecular flexibility index (Phi) is 2.67. The molecule has 0 saturated carbocycles. The maximum atomic E-state index is 13.0. The molecule has 0 bridgehead atoms. The van der Waals surface area contributed by atoms with Gasteiger partial charge in [0.2, 0.25) is 6.08 Å². The highest BCUT2D eigenvalue weighted by Gasteiger charge is 2.10. The van der Waals surface area contributed by atoms with Crippen molar-refractivity contribution in [3.63, 3.8) is 0 Å². The molecule has 0 aromatic heterocycles. The van der Waals surface area contributed by atoms with Gasteiger partial charge in [-0.15, -0.1) is 0 Å². The van der Waals surface area contributed by atoms with Crippen LogP contribution in [0.3, 0.4) is 0 Å². The van der Waals surface area contributed by atoms with E-state index in [2.05, 4.69) is 4.99 Å². The first-order valence-electron chi connectivity index (χ1n) is 3.54. The molecule has 0 unspecified atom stereocenters. The van der Waals surface area contributed by atoms with Crippen molar-refractivity contribution in [1.82, 2.24) is 0 Å². The lowest BCUT2D eigenvalue weighted by Gasteiger charge is -1.99. The Bertz CT molecular complexity index is 395. The number of isocyanates is 1. The van der Waals surface area contributed by atoms with Gasteiger partial charge in [-0.25, -0.2) is 9.18 Å². The summed E-state index contributed by atoms with van der Waals surface area (Å²) in [5, 5.41) is 0. The molecule has 0 aliphatic heterocycles. The van der Waals surface area contributed by atoms with Gasteiger partial charge in [0.15, 0.2) is 5.78 Å². The Morgan fingerprint density at radius 1 is 1.54 bits per heavy atom.